The maximum atomic E-state index is 12.2. The minimum absolute atomic E-state index is 0.182. The molecule has 0 unspecified atom stereocenters. The first kappa shape index (κ1) is 21.0. The molecule has 0 radical (unpaired) electrons. The molecule has 0 aliphatic rings. The first-order chi connectivity index (χ1) is 12.9. The third kappa shape index (κ3) is 6.14. The van der Waals surface area contributed by atoms with Crippen LogP contribution in [-0.4, -0.2) is 24.2 Å². The highest BCUT2D eigenvalue weighted by Gasteiger charge is 2.12. The third-order valence-electron chi connectivity index (χ3n) is 4.46. The predicted molar refractivity (Wildman–Crippen MR) is 111 cm³/mol. The minimum Gasteiger partial charge on any atom is -0.455 e. The lowest BCUT2D eigenvalue weighted by atomic mass is 10.0. The summed E-state index contributed by atoms with van der Waals surface area (Å²) in [7, 11) is 0. The Hall–Kier alpha value is -2.27. The summed E-state index contributed by atoms with van der Waals surface area (Å²) in [6, 6.07) is 12.1. The van der Waals surface area contributed by atoms with Gasteiger partial charge in [-0.1, -0.05) is 38.1 Å². The smallest absolute Gasteiger partial charge is 0.316 e. The average molecular weight is 386 g/mol. The Kier molecular flexibility index (Phi) is 7.92. The van der Waals surface area contributed by atoms with E-state index < -0.39 is 5.97 Å². The van der Waals surface area contributed by atoms with Gasteiger partial charge in [0.25, 0.3) is 5.91 Å². The van der Waals surface area contributed by atoms with Gasteiger partial charge in [0.1, 0.15) is 0 Å². The Morgan fingerprint density at radius 3 is 2.26 bits per heavy atom. The quantitative estimate of drug-likeness (QED) is 0.528. The molecule has 2 aromatic rings. The molecule has 0 aliphatic carbocycles. The molecule has 5 heteroatoms. The molecule has 27 heavy (non-hydrogen) atoms. The van der Waals surface area contributed by atoms with E-state index in [9.17, 15) is 9.59 Å². The van der Waals surface area contributed by atoms with Crippen molar-refractivity contribution in [2.45, 2.75) is 45.4 Å². The van der Waals surface area contributed by atoms with Crippen molar-refractivity contribution in [3.63, 3.8) is 0 Å². The monoisotopic (exact) mass is 385 g/mol. The highest BCUT2D eigenvalue weighted by Crippen LogP contribution is 2.23. The number of carbonyl (C=O) groups excluding carboxylic acids is 2. The second kappa shape index (κ2) is 10.2. The number of hydrogen-bond donors (Lipinski definition) is 1. The summed E-state index contributed by atoms with van der Waals surface area (Å²) in [6.45, 7) is 7.93. The Bertz CT molecular complexity index is 795. The zero-order valence-corrected chi connectivity index (χ0v) is 17.2. The summed E-state index contributed by atoms with van der Waals surface area (Å²) < 4.78 is 5.13. The van der Waals surface area contributed by atoms with Crippen molar-refractivity contribution in [1.82, 2.24) is 0 Å². The van der Waals surface area contributed by atoms with E-state index in [-0.39, 0.29) is 18.3 Å². The molecule has 1 N–H and O–H groups in total. The van der Waals surface area contributed by atoms with E-state index in [0.717, 1.165) is 34.6 Å². The van der Waals surface area contributed by atoms with Crippen LogP contribution in [0, 0.1) is 13.8 Å². The van der Waals surface area contributed by atoms with Gasteiger partial charge in [-0.15, -0.1) is 11.8 Å². The Labute approximate surface area is 165 Å². The molecule has 0 saturated carbocycles. The predicted octanol–water partition coefficient (Wildman–Crippen LogP) is 4.70. The van der Waals surface area contributed by atoms with Crippen molar-refractivity contribution in [2.24, 2.45) is 0 Å². The number of rotatable bonds is 8. The zero-order valence-electron chi connectivity index (χ0n) is 16.4. The van der Waals surface area contributed by atoms with E-state index in [1.165, 1.54) is 22.9 Å². The highest BCUT2D eigenvalue weighted by molar-refractivity contribution is 8.00. The zero-order chi connectivity index (χ0) is 19.8. The van der Waals surface area contributed by atoms with E-state index in [2.05, 4.69) is 26.1 Å². The second-order valence-electron chi connectivity index (χ2n) is 6.40. The molecular formula is C22H27NO3S. The summed E-state index contributed by atoms with van der Waals surface area (Å²) in [5.74, 6) is -0.523. The summed E-state index contributed by atoms with van der Waals surface area (Å²) in [4.78, 5) is 25.2. The number of thioether (sulfide) groups is 1. The van der Waals surface area contributed by atoms with Crippen LogP contribution < -0.4 is 5.32 Å². The van der Waals surface area contributed by atoms with E-state index >= 15 is 0 Å². The largest absolute Gasteiger partial charge is 0.455 e. The van der Waals surface area contributed by atoms with Crippen LogP contribution >= 0.6 is 11.8 Å². The van der Waals surface area contributed by atoms with Crippen LogP contribution in [0.25, 0.3) is 0 Å². The third-order valence-corrected chi connectivity index (χ3v) is 5.43. The molecule has 0 atom stereocenters. The van der Waals surface area contributed by atoms with Crippen molar-refractivity contribution in [1.29, 1.82) is 0 Å². The van der Waals surface area contributed by atoms with Gasteiger partial charge in [0.2, 0.25) is 0 Å². The maximum Gasteiger partial charge on any atom is 0.316 e. The number of esters is 1. The number of hydrogen-bond acceptors (Lipinski definition) is 4. The molecule has 0 aromatic heterocycles. The summed E-state index contributed by atoms with van der Waals surface area (Å²) in [5.41, 5.74) is 5.41. The molecule has 0 fully saturated rings. The van der Waals surface area contributed by atoms with Crippen molar-refractivity contribution in [3.8, 4) is 0 Å². The lowest BCUT2D eigenvalue weighted by Gasteiger charge is -2.14. The number of aryl methyl sites for hydroxylation is 4. The molecule has 0 heterocycles. The molecule has 144 valence electrons. The molecule has 1 amide bonds. The van der Waals surface area contributed by atoms with Gasteiger partial charge in [0.05, 0.1) is 5.75 Å². The molecular weight excluding hydrogens is 358 g/mol. The fourth-order valence-electron chi connectivity index (χ4n) is 2.71. The van der Waals surface area contributed by atoms with Crippen LogP contribution in [0.15, 0.2) is 41.3 Å². The van der Waals surface area contributed by atoms with E-state index in [0.29, 0.717) is 0 Å². The summed E-state index contributed by atoms with van der Waals surface area (Å²) in [5, 5.41) is 2.90. The lowest BCUT2D eigenvalue weighted by Crippen LogP contribution is -2.23. The summed E-state index contributed by atoms with van der Waals surface area (Å²) in [6.07, 6.45) is 1.66. The molecule has 4 nitrogen and oxygen atoms in total. The molecule has 2 rings (SSSR count). The minimum atomic E-state index is -0.395. The van der Waals surface area contributed by atoms with E-state index in [1.807, 2.05) is 43.3 Å². The van der Waals surface area contributed by atoms with Gasteiger partial charge in [-0.3, -0.25) is 9.59 Å². The summed E-state index contributed by atoms with van der Waals surface area (Å²) >= 11 is 1.41. The standard InChI is InChI=1S/C22H27NO3S/c1-5-17-8-7-9-18(6-2)22(17)23-20(24)13-26-21(25)14-27-19-11-10-15(3)16(4)12-19/h7-12H,5-6,13-14H2,1-4H3,(H,23,24). The van der Waals surface area contributed by atoms with Crippen molar-refractivity contribution in [2.75, 3.05) is 17.7 Å². The number of amides is 1. The first-order valence-corrected chi connectivity index (χ1v) is 10.2. The van der Waals surface area contributed by atoms with Crippen molar-refractivity contribution < 1.29 is 14.3 Å². The Morgan fingerprint density at radius 1 is 1.00 bits per heavy atom. The Balaban J connectivity index is 1.85. The number of anilines is 1. The van der Waals surface area contributed by atoms with Gasteiger partial charge >= 0.3 is 5.97 Å². The second-order valence-corrected chi connectivity index (χ2v) is 7.45. The van der Waals surface area contributed by atoms with Gasteiger partial charge in [0, 0.05) is 10.6 Å². The highest BCUT2D eigenvalue weighted by atomic mass is 32.2. The van der Waals surface area contributed by atoms with Gasteiger partial charge in [-0.05, 0) is 61.1 Å². The van der Waals surface area contributed by atoms with Crippen LogP contribution in [0.5, 0.6) is 0 Å². The van der Waals surface area contributed by atoms with Crippen molar-refractivity contribution in [3.05, 3.63) is 58.7 Å². The van der Waals surface area contributed by atoms with Gasteiger partial charge in [-0.25, -0.2) is 0 Å². The number of carbonyl (C=O) groups is 2. The average Bonchev–Trinajstić information content (AvgIpc) is 2.67. The van der Waals surface area contributed by atoms with Gasteiger partial charge in [0.15, 0.2) is 6.61 Å². The molecule has 0 saturated heterocycles. The van der Waals surface area contributed by atoms with Crippen LogP contribution in [-0.2, 0) is 27.2 Å². The Morgan fingerprint density at radius 2 is 1.67 bits per heavy atom. The van der Waals surface area contributed by atoms with Crippen molar-refractivity contribution >= 4 is 29.3 Å². The normalized spacial score (nSPS) is 10.5. The molecule has 2 aromatic carbocycles. The van der Waals surface area contributed by atoms with Crippen LogP contribution in [0.2, 0.25) is 0 Å². The van der Waals surface area contributed by atoms with Crippen LogP contribution in [0.1, 0.15) is 36.1 Å². The van der Waals surface area contributed by atoms with Crippen LogP contribution in [0.4, 0.5) is 5.69 Å². The van der Waals surface area contributed by atoms with E-state index in [1.54, 1.807) is 0 Å². The maximum absolute atomic E-state index is 12.2. The number of nitrogens with one attached hydrogen (secondary N) is 1. The fraction of sp³-hybridized carbons (Fsp3) is 0.364. The molecule has 0 bridgehead atoms. The van der Waals surface area contributed by atoms with Gasteiger partial charge < -0.3 is 10.1 Å². The number of para-hydroxylation sites is 1. The number of benzene rings is 2. The molecule has 0 spiro atoms. The van der Waals surface area contributed by atoms with Crippen LogP contribution in [0.3, 0.4) is 0 Å². The fourth-order valence-corrected chi connectivity index (χ4v) is 3.50. The topological polar surface area (TPSA) is 55.4 Å². The first-order valence-electron chi connectivity index (χ1n) is 9.20. The SMILES string of the molecule is CCc1cccc(CC)c1NC(=O)COC(=O)CSc1ccc(C)c(C)c1. The van der Waals surface area contributed by atoms with Gasteiger partial charge in [-0.2, -0.15) is 0 Å². The van der Waals surface area contributed by atoms with E-state index in [4.69, 9.17) is 4.74 Å². The number of ether oxygens (including phenoxy) is 1. The lowest BCUT2D eigenvalue weighted by molar-refractivity contribution is -0.144. The molecule has 0 aliphatic heterocycles.